The van der Waals surface area contributed by atoms with E-state index in [2.05, 4.69) is 6.07 Å². The summed E-state index contributed by atoms with van der Waals surface area (Å²) in [6.45, 7) is 4.33. The number of rotatable bonds is 4. The van der Waals surface area contributed by atoms with Crippen molar-refractivity contribution < 1.29 is 9.47 Å². The van der Waals surface area contributed by atoms with Crippen molar-refractivity contribution in [2.24, 2.45) is 11.7 Å². The first-order valence-corrected chi connectivity index (χ1v) is 6.38. The zero-order valence-corrected chi connectivity index (χ0v) is 10.4. The number of nitrogens with two attached hydrogens (primary N) is 1. The fourth-order valence-corrected chi connectivity index (χ4v) is 2.37. The van der Waals surface area contributed by atoms with Crippen LogP contribution in [0, 0.1) is 5.92 Å². The molecule has 1 aliphatic rings. The van der Waals surface area contributed by atoms with Crippen LogP contribution in [0.5, 0.6) is 5.75 Å². The Bertz CT molecular complexity index is 348. The lowest BCUT2D eigenvalue weighted by atomic mass is 9.87. The molecular formula is C14H21NO2. The Hall–Kier alpha value is -1.06. The summed E-state index contributed by atoms with van der Waals surface area (Å²) in [6, 6.07) is 8.15. The molecule has 1 heterocycles. The van der Waals surface area contributed by atoms with Gasteiger partial charge in [-0.25, -0.2) is 0 Å². The second-order valence-corrected chi connectivity index (χ2v) is 4.45. The van der Waals surface area contributed by atoms with Gasteiger partial charge in [0.1, 0.15) is 5.75 Å². The summed E-state index contributed by atoms with van der Waals surface area (Å²) in [5.41, 5.74) is 7.49. The highest BCUT2D eigenvalue weighted by atomic mass is 16.5. The minimum Gasteiger partial charge on any atom is -0.494 e. The van der Waals surface area contributed by atoms with E-state index >= 15 is 0 Å². The number of benzene rings is 1. The van der Waals surface area contributed by atoms with Crippen molar-refractivity contribution >= 4 is 0 Å². The highest BCUT2D eigenvalue weighted by Gasteiger charge is 2.24. The lowest BCUT2D eigenvalue weighted by Gasteiger charge is -2.28. The molecule has 1 aromatic carbocycles. The molecule has 0 amide bonds. The van der Waals surface area contributed by atoms with E-state index in [4.69, 9.17) is 15.2 Å². The fraction of sp³-hybridized carbons (Fsp3) is 0.571. The summed E-state index contributed by atoms with van der Waals surface area (Å²) in [7, 11) is 0. The van der Waals surface area contributed by atoms with Gasteiger partial charge < -0.3 is 15.2 Å². The molecule has 1 fully saturated rings. The van der Waals surface area contributed by atoms with Gasteiger partial charge in [-0.2, -0.15) is 0 Å². The maximum absolute atomic E-state index is 6.37. The monoisotopic (exact) mass is 235 g/mol. The Morgan fingerprint density at radius 2 is 2.06 bits per heavy atom. The van der Waals surface area contributed by atoms with Gasteiger partial charge in [0, 0.05) is 24.8 Å². The molecule has 0 radical (unpaired) electrons. The number of hydrogen-bond acceptors (Lipinski definition) is 3. The van der Waals surface area contributed by atoms with Crippen LogP contribution >= 0.6 is 0 Å². The van der Waals surface area contributed by atoms with Crippen molar-refractivity contribution in [3.05, 3.63) is 29.8 Å². The molecule has 1 aromatic rings. The van der Waals surface area contributed by atoms with Crippen LogP contribution in [0.3, 0.4) is 0 Å². The van der Waals surface area contributed by atoms with Crippen LogP contribution in [0.4, 0.5) is 0 Å². The van der Waals surface area contributed by atoms with E-state index in [0.717, 1.165) is 37.4 Å². The molecule has 0 spiro atoms. The van der Waals surface area contributed by atoms with Gasteiger partial charge in [0.25, 0.3) is 0 Å². The first kappa shape index (κ1) is 12.4. The van der Waals surface area contributed by atoms with Crippen molar-refractivity contribution in [3.63, 3.8) is 0 Å². The molecule has 1 atom stereocenters. The summed E-state index contributed by atoms with van der Waals surface area (Å²) >= 11 is 0. The molecule has 1 aliphatic heterocycles. The molecule has 17 heavy (non-hydrogen) atoms. The highest BCUT2D eigenvalue weighted by molar-refractivity contribution is 5.36. The summed E-state index contributed by atoms with van der Waals surface area (Å²) in [6.07, 6.45) is 2.09. The van der Waals surface area contributed by atoms with Crippen molar-refractivity contribution in [2.45, 2.75) is 25.8 Å². The van der Waals surface area contributed by atoms with Crippen LogP contribution in [-0.4, -0.2) is 19.8 Å². The lowest BCUT2D eigenvalue weighted by Crippen LogP contribution is -2.27. The Morgan fingerprint density at radius 1 is 1.35 bits per heavy atom. The molecule has 0 unspecified atom stereocenters. The van der Waals surface area contributed by atoms with E-state index in [9.17, 15) is 0 Å². The quantitative estimate of drug-likeness (QED) is 0.872. The Kier molecular flexibility index (Phi) is 4.40. The van der Waals surface area contributed by atoms with Gasteiger partial charge in [0.15, 0.2) is 0 Å². The molecule has 0 aromatic heterocycles. The summed E-state index contributed by atoms with van der Waals surface area (Å²) in [5, 5.41) is 0. The second kappa shape index (κ2) is 6.03. The predicted octanol–water partition coefficient (Wildman–Crippen LogP) is 2.51. The second-order valence-electron chi connectivity index (χ2n) is 4.45. The van der Waals surface area contributed by atoms with E-state index in [1.54, 1.807) is 0 Å². The van der Waals surface area contributed by atoms with Crippen LogP contribution in [-0.2, 0) is 4.74 Å². The SMILES string of the molecule is CCOc1ccccc1[C@H](N)C1CCOCC1. The maximum atomic E-state index is 6.37. The minimum atomic E-state index is 0.0571. The van der Waals surface area contributed by atoms with Gasteiger partial charge in [0.05, 0.1) is 6.61 Å². The van der Waals surface area contributed by atoms with Gasteiger partial charge in [-0.1, -0.05) is 18.2 Å². The van der Waals surface area contributed by atoms with E-state index in [1.807, 2.05) is 25.1 Å². The standard InChI is InChI=1S/C14H21NO2/c1-2-17-13-6-4-3-5-12(13)14(15)11-7-9-16-10-8-11/h3-6,11,14H,2,7-10,15H2,1H3/t14-/m1/s1. The average molecular weight is 235 g/mol. The van der Waals surface area contributed by atoms with Crippen LogP contribution in [0.1, 0.15) is 31.4 Å². The van der Waals surface area contributed by atoms with E-state index in [0.29, 0.717) is 12.5 Å². The van der Waals surface area contributed by atoms with Gasteiger partial charge in [0.2, 0.25) is 0 Å². The molecule has 1 saturated heterocycles. The maximum Gasteiger partial charge on any atom is 0.124 e. The lowest BCUT2D eigenvalue weighted by molar-refractivity contribution is 0.0580. The van der Waals surface area contributed by atoms with Crippen molar-refractivity contribution in [1.29, 1.82) is 0 Å². The summed E-state index contributed by atoms with van der Waals surface area (Å²) in [5.74, 6) is 1.43. The van der Waals surface area contributed by atoms with Crippen LogP contribution in [0.25, 0.3) is 0 Å². The number of para-hydroxylation sites is 1. The zero-order chi connectivity index (χ0) is 12.1. The van der Waals surface area contributed by atoms with Gasteiger partial charge in [-0.3, -0.25) is 0 Å². The zero-order valence-electron chi connectivity index (χ0n) is 10.4. The van der Waals surface area contributed by atoms with Gasteiger partial charge in [-0.15, -0.1) is 0 Å². The van der Waals surface area contributed by atoms with Crippen LogP contribution in [0.2, 0.25) is 0 Å². The van der Waals surface area contributed by atoms with Crippen LogP contribution in [0.15, 0.2) is 24.3 Å². The Morgan fingerprint density at radius 3 is 2.76 bits per heavy atom. The molecule has 2 rings (SSSR count). The third-order valence-electron chi connectivity index (χ3n) is 3.35. The van der Waals surface area contributed by atoms with Crippen molar-refractivity contribution in [3.8, 4) is 5.75 Å². The molecule has 3 nitrogen and oxygen atoms in total. The first-order valence-electron chi connectivity index (χ1n) is 6.38. The van der Waals surface area contributed by atoms with E-state index < -0.39 is 0 Å². The van der Waals surface area contributed by atoms with Gasteiger partial charge in [-0.05, 0) is 31.7 Å². The largest absolute Gasteiger partial charge is 0.494 e. The minimum absolute atomic E-state index is 0.0571. The summed E-state index contributed by atoms with van der Waals surface area (Å²) < 4.78 is 11.0. The normalized spacial score (nSPS) is 18.9. The number of hydrogen-bond donors (Lipinski definition) is 1. The topological polar surface area (TPSA) is 44.5 Å². The molecular weight excluding hydrogens is 214 g/mol. The van der Waals surface area contributed by atoms with E-state index in [-0.39, 0.29) is 6.04 Å². The summed E-state index contributed by atoms with van der Waals surface area (Å²) in [4.78, 5) is 0. The third kappa shape index (κ3) is 2.99. The van der Waals surface area contributed by atoms with E-state index in [1.165, 1.54) is 0 Å². The molecule has 0 saturated carbocycles. The molecule has 3 heteroatoms. The highest BCUT2D eigenvalue weighted by Crippen LogP contribution is 2.33. The fourth-order valence-electron chi connectivity index (χ4n) is 2.37. The first-order chi connectivity index (χ1) is 8.33. The van der Waals surface area contributed by atoms with Crippen molar-refractivity contribution in [2.75, 3.05) is 19.8 Å². The van der Waals surface area contributed by atoms with Gasteiger partial charge >= 0.3 is 0 Å². The molecule has 0 aliphatic carbocycles. The predicted molar refractivity (Wildman–Crippen MR) is 68.1 cm³/mol. The smallest absolute Gasteiger partial charge is 0.124 e. The Labute approximate surface area is 103 Å². The molecule has 0 bridgehead atoms. The third-order valence-corrected chi connectivity index (χ3v) is 3.35. The average Bonchev–Trinajstić information content (AvgIpc) is 2.40. The Balaban J connectivity index is 2.14. The van der Waals surface area contributed by atoms with Crippen LogP contribution < -0.4 is 10.5 Å². The molecule has 94 valence electrons. The number of ether oxygens (including phenoxy) is 2. The molecule has 2 N–H and O–H groups in total. The van der Waals surface area contributed by atoms with Crippen molar-refractivity contribution in [1.82, 2.24) is 0 Å².